The van der Waals surface area contributed by atoms with Gasteiger partial charge in [0.15, 0.2) is 0 Å². The van der Waals surface area contributed by atoms with Crippen molar-refractivity contribution in [3.63, 3.8) is 0 Å². The Hall–Kier alpha value is -7.68. The molecule has 0 amide bonds. The summed E-state index contributed by atoms with van der Waals surface area (Å²) in [5, 5.41) is 1.12. The number of hydrogen-bond donors (Lipinski definition) is 0. The highest BCUT2D eigenvalue weighted by Gasteiger charge is 2.19. The Bertz CT molecular complexity index is 2970. The Kier molecular flexibility index (Phi) is 9.27. The number of furan rings is 1. The molecule has 0 aliphatic heterocycles. The van der Waals surface area contributed by atoms with Crippen LogP contribution in [0.1, 0.15) is 0 Å². The minimum absolute atomic E-state index is 0.882. The maximum atomic E-state index is 6.56. The van der Waals surface area contributed by atoms with Crippen molar-refractivity contribution < 1.29 is 4.42 Å². The van der Waals surface area contributed by atoms with E-state index in [4.69, 9.17) is 4.42 Å². The second kappa shape index (κ2) is 15.5. The van der Waals surface area contributed by atoms with Crippen molar-refractivity contribution in [3.05, 3.63) is 237 Å². The lowest BCUT2D eigenvalue weighted by atomic mass is 9.89. The highest BCUT2D eigenvalue weighted by Crippen LogP contribution is 2.43. The quantitative estimate of drug-likeness (QED) is 0.146. The lowest BCUT2D eigenvalue weighted by Crippen LogP contribution is -2.09. The van der Waals surface area contributed by atoms with E-state index in [1.165, 1.54) is 33.4 Å². The molecule has 0 aliphatic rings. The van der Waals surface area contributed by atoms with Crippen LogP contribution < -0.4 is 4.90 Å². The molecular weight excluding hydrogens is 703 g/mol. The van der Waals surface area contributed by atoms with Crippen LogP contribution in [0.2, 0.25) is 0 Å². The van der Waals surface area contributed by atoms with Crippen molar-refractivity contribution in [2.45, 2.75) is 0 Å². The predicted octanol–water partition coefficient (Wildman–Crippen LogP) is 15.9. The van der Waals surface area contributed by atoms with Gasteiger partial charge in [0.05, 0.1) is 0 Å². The van der Waals surface area contributed by atoms with Gasteiger partial charge < -0.3 is 9.32 Å². The molecule has 2 heteroatoms. The molecule has 0 N–H and O–H groups in total. The molecule has 274 valence electrons. The van der Waals surface area contributed by atoms with E-state index in [0.29, 0.717) is 0 Å². The van der Waals surface area contributed by atoms with Crippen molar-refractivity contribution in [2.24, 2.45) is 0 Å². The number of rotatable bonds is 9. The second-order valence-electron chi connectivity index (χ2n) is 14.5. The molecule has 0 spiro atoms. The number of para-hydroxylation sites is 2. The maximum Gasteiger partial charge on any atom is 0.143 e. The number of hydrogen-bond acceptors (Lipinski definition) is 2. The van der Waals surface area contributed by atoms with E-state index < -0.39 is 0 Å². The van der Waals surface area contributed by atoms with Gasteiger partial charge in [-0.3, -0.25) is 0 Å². The zero-order chi connectivity index (χ0) is 38.7. The molecule has 1 aromatic heterocycles. The van der Waals surface area contributed by atoms with Crippen molar-refractivity contribution in [1.29, 1.82) is 0 Å². The van der Waals surface area contributed by atoms with Crippen molar-refractivity contribution in [2.75, 3.05) is 4.90 Å². The monoisotopic (exact) mass is 741 g/mol. The topological polar surface area (TPSA) is 16.4 Å². The van der Waals surface area contributed by atoms with Crippen LogP contribution in [0.15, 0.2) is 241 Å². The molecule has 10 aromatic rings. The molecule has 0 radical (unpaired) electrons. The van der Waals surface area contributed by atoms with Crippen LogP contribution in [0.25, 0.3) is 77.9 Å². The standard InChI is InChI=1S/C56H39NO/c1-4-17-41(18-5-1)49-25-10-12-27-51(49)52-28-13-11-26-50(52)42-33-37-48(38-34-42)57(46-23-8-3-9-24-46)47-35-31-40(32-36-47)44-21-16-22-45(39-44)56-55(43-19-6-2-7-20-43)53-29-14-15-30-54(53)58-56/h1-39H. The van der Waals surface area contributed by atoms with Gasteiger partial charge in [-0.2, -0.15) is 0 Å². The van der Waals surface area contributed by atoms with Crippen LogP contribution in [0.3, 0.4) is 0 Å². The van der Waals surface area contributed by atoms with E-state index in [1.54, 1.807) is 0 Å². The molecule has 10 rings (SSSR count). The van der Waals surface area contributed by atoms with E-state index in [2.05, 4.69) is 229 Å². The van der Waals surface area contributed by atoms with Crippen LogP contribution in [-0.4, -0.2) is 0 Å². The third-order valence-electron chi connectivity index (χ3n) is 10.9. The molecule has 0 aliphatic carbocycles. The Morgan fingerprint density at radius 3 is 1.33 bits per heavy atom. The summed E-state index contributed by atoms with van der Waals surface area (Å²) in [7, 11) is 0. The van der Waals surface area contributed by atoms with Gasteiger partial charge in [-0.05, 0) is 98.6 Å². The van der Waals surface area contributed by atoms with Crippen LogP contribution in [0.5, 0.6) is 0 Å². The zero-order valence-corrected chi connectivity index (χ0v) is 31.9. The minimum atomic E-state index is 0.882. The van der Waals surface area contributed by atoms with Gasteiger partial charge in [0.25, 0.3) is 0 Å². The highest BCUT2D eigenvalue weighted by atomic mass is 16.3. The normalized spacial score (nSPS) is 11.1. The first-order chi connectivity index (χ1) is 28.8. The smallest absolute Gasteiger partial charge is 0.143 e. The van der Waals surface area contributed by atoms with Crippen LogP contribution in [0.4, 0.5) is 17.1 Å². The molecule has 9 aromatic carbocycles. The molecule has 1 heterocycles. The third kappa shape index (κ3) is 6.67. The summed E-state index contributed by atoms with van der Waals surface area (Å²) >= 11 is 0. The minimum Gasteiger partial charge on any atom is -0.455 e. The first-order valence-electron chi connectivity index (χ1n) is 19.8. The van der Waals surface area contributed by atoms with Crippen LogP contribution >= 0.6 is 0 Å². The summed E-state index contributed by atoms with van der Waals surface area (Å²) in [5.74, 6) is 0.882. The van der Waals surface area contributed by atoms with Gasteiger partial charge in [0, 0.05) is 33.6 Å². The summed E-state index contributed by atoms with van der Waals surface area (Å²) in [6, 6.07) is 84.0. The molecule has 0 saturated carbocycles. The van der Waals surface area contributed by atoms with Crippen LogP contribution in [-0.2, 0) is 0 Å². The van der Waals surface area contributed by atoms with Gasteiger partial charge in [-0.1, -0.05) is 188 Å². The average molecular weight is 742 g/mol. The third-order valence-corrected chi connectivity index (χ3v) is 10.9. The number of benzene rings is 9. The molecule has 2 nitrogen and oxygen atoms in total. The predicted molar refractivity (Wildman–Crippen MR) is 244 cm³/mol. The fourth-order valence-electron chi connectivity index (χ4n) is 8.15. The summed E-state index contributed by atoms with van der Waals surface area (Å²) < 4.78 is 6.56. The van der Waals surface area contributed by atoms with E-state index in [1.807, 2.05) is 12.1 Å². The fraction of sp³-hybridized carbons (Fsp3) is 0. The Morgan fingerprint density at radius 2 is 0.707 bits per heavy atom. The van der Waals surface area contributed by atoms with Crippen molar-refractivity contribution in [3.8, 4) is 67.0 Å². The second-order valence-corrected chi connectivity index (χ2v) is 14.5. The fourth-order valence-corrected chi connectivity index (χ4v) is 8.15. The van der Waals surface area contributed by atoms with E-state index in [0.717, 1.165) is 61.6 Å². The molecule has 0 fully saturated rings. The Labute approximate surface area is 339 Å². The molecular formula is C56H39NO. The molecule has 0 unspecified atom stereocenters. The van der Waals surface area contributed by atoms with E-state index >= 15 is 0 Å². The molecule has 58 heavy (non-hydrogen) atoms. The van der Waals surface area contributed by atoms with Crippen molar-refractivity contribution in [1.82, 2.24) is 0 Å². The highest BCUT2D eigenvalue weighted by molar-refractivity contribution is 6.02. The average Bonchev–Trinajstić information content (AvgIpc) is 3.71. The van der Waals surface area contributed by atoms with Gasteiger partial charge >= 0.3 is 0 Å². The van der Waals surface area contributed by atoms with Gasteiger partial charge in [0.1, 0.15) is 11.3 Å². The lowest BCUT2D eigenvalue weighted by molar-refractivity contribution is 0.632. The van der Waals surface area contributed by atoms with Crippen LogP contribution in [0, 0.1) is 0 Å². The van der Waals surface area contributed by atoms with Gasteiger partial charge in [0.2, 0.25) is 0 Å². The van der Waals surface area contributed by atoms with Gasteiger partial charge in [-0.15, -0.1) is 0 Å². The largest absolute Gasteiger partial charge is 0.455 e. The SMILES string of the molecule is c1ccc(-c2ccccc2-c2ccccc2-c2ccc(N(c3ccccc3)c3ccc(-c4cccc(-c5oc6ccccc6c5-c5ccccc5)c4)cc3)cc2)cc1. The number of nitrogens with zero attached hydrogens (tertiary/aromatic N) is 1. The van der Waals surface area contributed by atoms with Crippen molar-refractivity contribution >= 4 is 28.0 Å². The summed E-state index contributed by atoms with van der Waals surface area (Å²) in [5.41, 5.74) is 17.0. The van der Waals surface area contributed by atoms with Gasteiger partial charge in [-0.25, -0.2) is 0 Å². The lowest BCUT2D eigenvalue weighted by Gasteiger charge is -2.26. The Balaban J connectivity index is 0.986. The summed E-state index contributed by atoms with van der Waals surface area (Å²) in [6.07, 6.45) is 0. The van der Waals surface area contributed by atoms with E-state index in [-0.39, 0.29) is 0 Å². The Morgan fingerprint density at radius 1 is 0.276 bits per heavy atom. The molecule has 0 bridgehead atoms. The maximum absolute atomic E-state index is 6.56. The molecule has 0 saturated heterocycles. The number of anilines is 3. The van der Waals surface area contributed by atoms with E-state index in [9.17, 15) is 0 Å². The first-order valence-corrected chi connectivity index (χ1v) is 19.8. The zero-order valence-electron chi connectivity index (χ0n) is 31.9. The summed E-state index contributed by atoms with van der Waals surface area (Å²) in [4.78, 5) is 2.32. The summed E-state index contributed by atoms with van der Waals surface area (Å²) in [6.45, 7) is 0. The number of fused-ring (bicyclic) bond motifs is 1. The first kappa shape index (κ1) is 34.8. The molecule has 0 atom stereocenters.